The predicted octanol–water partition coefficient (Wildman–Crippen LogP) is 5.59. The number of carbonyl (C=O) groups excluding carboxylic acids is 1. The molecule has 4 atom stereocenters. The topological polar surface area (TPSA) is 111 Å². The first-order valence-electron chi connectivity index (χ1n) is 18.6. The monoisotopic (exact) mass is 766 g/mol. The maximum Gasteiger partial charge on any atom is 0.416 e. The van der Waals surface area contributed by atoms with Gasteiger partial charge in [-0.3, -0.25) is 14.5 Å². The van der Waals surface area contributed by atoms with Crippen molar-refractivity contribution in [3.05, 3.63) is 59.2 Å². The van der Waals surface area contributed by atoms with Gasteiger partial charge in [0, 0.05) is 75.9 Å². The summed E-state index contributed by atoms with van der Waals surface area (Å²) < 4.78 is 91.7. The van der Waals surface area contributed by atoms with Gasteiger partial charge in [-0.2, -0.15) is 13.2 Å². The number of benzene rings is 2. The molecule has 6 rings (SSSR count). The third-order valence-corrected chi connectivity index (χ3v) is 14.1. The van der Waals surface area contributed by atoms with E-state index in [0.717, 1.165) is 12.1 Å². The van der Waals surface area contributed by atoms with Crippen LogP contribution in [0.15, 0.2) is 42.5 Å². The molecule has 4 saturated heterocycles. The van der Waals surface area contributed by atoms with Crippen molar-refractivity contribution in [1.82, 2.24) is 14.1 Å². The van der Waals surface area contributed by atoms with Gasteiger partial charge in [0.2, 0.25) is 15.7 Å². The van der Waals surface area contributed by atoms with Crippen molar-refractivity contribution in [3.8, 4) is 5.75 Å². The van der Waals surface area contributed by atoms with Crippen LogP contribution in [-0.2, 0) is 25.8 Å². The number of methoxy groups -OCH3 is 1. The van der Waals surface area contributed by atoms with E-state index in [9.17, 15) is 36.3 Å². The minimum absolute atomic E-state index is 0.00971. The van der Waals surface area contributed by atoms with Crippen LogP contribution in [0.2, 0.25) is 0 Å². The number of hydrogen-bond acceptors (Lipinski definition) is 7. The summed E-state index contributed by atoms with van der Waals surface area (Å²) in [5.41, 5.74) is -1.43. The van der Waals surface area contributed by atoms with Gasteiger partial charge in [-0.15, -0.1) is 0 Å². The fourth-order valence-corrected chi connectivity index (χ4v) is 10.1. The minimum Gasteiger partial charge on any atom is -0.497 e. The number of carboxylic acid groups (broad SMARTS) is 1. The summed E-state index contributed by atoms with van der Waals surface area (Å²) >= 11 is 0. The molecule has 0 spiro atoms. The highest BCUT2D eigenvalue weighted by atomic mass is 32.2. The molecule has 0 saturated carbocycles. The number of rotatable bonds is 10. The average molecular weight is 767 g/mol. The van der Waals surface area contributed by atoms with E-state index in [1.54, 1.807) is 36.1 Å². The molecule has 0 radical (unpaired) electrons. The standard InChI is InChI=1S/C38H50F4N4O6S/c1-4-25-21-44(22-32(25)31-11-8-28(38(40,41)42)20-34(31)43-16-12-27(13-17-43)35(47)48)36(49)37(39)24-45(23-33(37)26-6-9-30(52-3)10-7-26)29-14-18-46(19-15-29)53(50,51)5-2/h6-11,20,25,27,29,32-33H,4-5,12-19,21-24H2,1-3H3,(H,47,48)/t25-,32-,33-,37-/m0/s1. The van der Waals surface area contributed by atoms with Gasteiger partial charge in [0.25, 0.3) is 5.91 Å². The first kappa shape index (κ1) is 39.3. The summed E-state index contributed by atoms with van der Waals surface area (Å²) in [6.07, 6.45) is -2.33. The van der Waals surface area contributed by atoms with Crippen LogP contribution in [0.5, 0.6) is 5.75 Å². The van der Waals surface area contributed by atoms with Crippen molar-refractivity contribution in [3.63, 3.8) is 0 Å². The number of ether oxygens (including phenoxy) is 1. The Morgan fingerprint density at radius 3 is 2.17 bits per heavy atom. The highest BCUT2D eigenvalue weighted by Gasteiger charge is 2.57. The van der Waals surface area contributed by atoms with Crippen molar-refractivity contribution in [2.75, 3.05) is 70.1 Å². The molecule has 292 valence electrons. The predicted molar refractivity (Wildman–Crippen MR) is 192 cm³/mol. The van der Waals surface area contributed by atoms with Crippen LogP contribution in [0.3, 0.4) is 0 Å². The lowest BCUT2D eigenvalue weighted by atomic mass is 9.84. The second-order valence-electron chi connectivity index (χ2n) is 15.0. The number of alkyl halides is 4. The molecule has 1 N–H and O–H groups in total. The molecule has 2 aromatic carbocycles. The van der Waals surface area contributed by atoms with E-state index < -0.39 is 51.1 Å². The van der Waals surface area contributed by atoms with E-state index in [1.165, 1.54) is 17.5 Å². The van der Waals surface area contributed by atoms with Gasteiger partial charge < -0.3 is 19.6 Å². The molecular formula is C38H50F4N4O6S. The van der Waals surface area contributed by atoms with Gasteiger partial charge in [0.1, 0.15) is 5.75 Å². The number of amides is 1. The van der Waals surface area contributed by atoms with Crippen LogP contribution in [0.1, 0.15) is 74.5 Å². The average Bonchev–Trinajstić information content (AvgIpc) is 3.76. The third-order valence-electron chi connectivity index (χ3n) is 12.2. The fourth-order valence-electron chi connectivity index (χ4n) is 8.96. The Morgan fingerprint density at radius 2 is 1.60 bits per heavy atom. The van der Waals surface area contributed by atoms with Crippen LogP contribution in [-0.4, -0.2) is 116 Å². The summed E-state index contributed by atoms with van der Waals surface area (Å²) in [6, 6.07) is 10.6. The van der Waals surface area contributed by atoms with Crippen LogP contribution < -0.4 is 9.64 Å². The number of aliphatic carboxylic acids is 1. The molecule has 10 nitrogen and oxygen atoms in total. The Bertz CT molecular complexity index is 1750. The number of carboxylic acids is 1. The van der Waals surface area contributed by atoms with Crippen molar-refractivity contribution in [1.29, 1.82) is 0 Å². The summed E-state index contributed by atoms with van der Waals surface area (Å²) in [5, 5.41) is 9.52. The molecule has 4 aliphatic rings. The maximum absolute atomic E-state index is 17.9. The molecule has 0 aromatic heterocycles. The first-order chi connectivity index (χ1) is 25.1. The van der Waals surface area contributed by atoms with Crippen LogP contribution >= 0.6 is 0 Å². The number of carbonyl (C=O) groups is 2. The largest absolute Gasteiger partial charge is 0.497 e. The number of likely N-dealkylation sites (tertiary alicyclic amines) is 2. The van der Waals surface area contributed by atoms with E-state index in [0.29, 0.717) is 67.8 Å². The zero-order valence-electron chi connectivity index (χ0n) is 30.5. The van der Waals surface area contributed by atoms with Gasteiger partial charge in [-0.05, 0) is 73.9 Å². The molecule has 0 unspecified atom stereocenters. The summed E-state index contributed by atoms with van der Waals surface area (Å²) in [5.74, 6) is -2.84. The number of nitrogens with zero attached hydrogens (tertiary/aromatic N) is 4. The highest BCUT2D eigenvalue weighted by Crippen LogP contribution is 2.47. The van der Waals surface area contributed by atoms with Crippen LogP contribution in [0, 0.1) is 11.8 Å². The van der Waals surface area contributed by atoms with Crippen molar-refractivity contribution in [2.24, 2.45) is 11.8 Å². The first-order valence-corrected chi connectivity index (χ1v) is 20.2. The van der Waals surface area contributed by atoms with Gasteiger partial charge in [0.05, 0.1) is 24.3 Å². The Balaban J connectivity index is 1.28. The lowest BCUT2D eigenvalue weighted by Crippen LogP contribution is -2.51. The molecule has 4 fully saturated rings. The number of anilines is 1. The zero-order valence-corrected chi connectivity index (χ0v) is 31.3. The smallest absolute Gasteiger partial charge is 0.416 e. The molecule has 0 aliphatic carbocycles. The lowest BCUT2D eigenvalue weighted by Gasteiger charge is -2.36. The number of sulfonamides is 1. The molecule has 2 aromatic rings. The maximum atomic E-state index is 17.9. The lowest BCUT2D eigenvalue weighted by molar-refractivity contribution is -0.143. The second-order valence-corrected chi connectivity index (χ2v) is 17.3. The van der Waals surface area contributed by atoms with E-state index in [1.807, 2.05) is 16.7 Å². The Labute approximate surface area is 309 Å². The molecule has 53 heavy (non-hydrogen) atoms. The normalized spacial score (nSPS) is 27.0. The van der Waals surface area contributed by atoms with Gasteiger partial charge in [0.15, 0.2) is 0 Å². The molecule has 4 heterocycles. The van der Waals surface area contributed by atoms with Crippen LogP contribution in [0.4, 0.5) is 23.2 Å². The Kier molecular flexibility index (Phi) is 11.4. The Morgan fingerprint density at radius 1 is 0.943 bits per heavy atom. The summed E-state index contributed by atoms with van der Waals surface area (Å²) in [4.78, 5) is 31.6. The zero-order chi connectivity index (χ0) is 38.3. The van der Waals surface area contributed by atoms with E-state index in [2.05, 4.69) is 0 Å². The molecular weight excluding hydrogens is 716 g/mol. The van der Waals surface area contributed by atoms with Gasteiger partial charge >= 0.3 is 12.1 Å². The van der Waals surface area contributed by atoms with Crippen LogP contribution in [0.25, 0.3) is 0 Å². The molecule has 0 bridgehead atoms. The van der Waals surface area contributed by atoms with Gasteiger partial charge in [-0.1, -0.05) is 31.5 Å². The van der Waals surface area contributed by atoms with Crippen molar-refractivity contribution >= 4 is 27.6 Å². The van der Waals surface area contributed by atoms with Gasteiger partial charge in [-0.25, -0.2) is 17.1 Å². The highest BCUT2D eigenvalue weighted by molar-refractivity contribution is 7.89. The quantitative estimate of drug-likeness (QED) is 0.312. The number of hydrogen-bond donors (Lipinski definition) is 1. The molecule has 1 amide bonds. The summed E-state index contributed by atoms with van der Waals surface area (Å²) in [6.45, 7) is 5.28. The number of halogens is 4. The molecule has 15 heteroatoms. The minimum atomic E-state index is -4.58. The second kappa shape index (κ2) is 15.4. The Hall–Kier alpha value is -3.43. The van der Waals surface area contributed by atoms with Crippen molar-refractivity contribution in [2.45, 2.75) is 75.7 Å². The summed E-state index contributed by atoms with van der Waals surface area (Å²) in [7, 11) is -1.82. The van der Waals surface area contributed by atoms with E-state index in [-0.39, 0.29) is 62.9 Å². The fraction of sp³-hybridized carbons (Fsp3) is 0.632. The van der Waals surface area contributed by atoms with E-state index in [4.69, 9.17) is 4.74 Å². The van der Waals surface area contributed by atoms with E-state index >= 15 is 4.39 Å². The SMILES string of the molecule is CC[C@H]1CN(C(=O)[C@]2(F)CN(C3CCN(S(=O)(=O)CC)CC3)C[C@H]2c2ccc(OC)cc2)C[C@@H]1c1ccc(C(F)(F)F)cc1N1CCC(C(=O)O)CC1. The number of piperidine rings is 2. The molecule has 4 aliphatic heterocycles. The van der Waals surface area contributed by atoms with Crippen molar-refractivity contribution < 1.29 is 45.4 Å². The third kappa shape index (κ3) is 7.89.